The van der Waals surface area contributed by atoms with Crippen LogP contribution >= 0.6 is 0 Å². The summed E-state index contributed by atoms with van der Waals surface area (Å²) in [6.07, 6.45) is 3.19. The molecule has 0 saturated heterocycles. The van der Waals surface area contributed by atoms with E-state index in [1.54, 1.807) is 0 Å². The Hall–Kier alpha value is -1.57. The first-order valence-electron chi connectivity index (χ1n) is 7.14. The predicted octanol–water partition coefficient (Wildman–Crippen LogP) is 4.55. The van der Waals surface area contributed by atoms with Crippen molar-refractivity contribution in [1.82, 2.24) is 9.78 Å². The van der Waals surface area contributed by atoms with Crippen molar-refractivity contribution in [3.63, 3.8) is 0 Å². The molecular formula is C17H24N2. The van der Waals surface area contributed by atoms with Gasteiger partial charge in [-0.1, -0.05) is 39.0 Å². The van der Waals surface area contributed by atoms with Crippen molar-refractivity contribution in [2.75, 3.05) is 0 Å². The Balaban J connectivity index is 2.49. The van der Waals surface area contributed by atoms with Crippen LogP contribution in [0.25, 0.3) is 11.3 Å². The normalized spacial score (nSPS) is 12.9. The maximum Gasteiger partial charge on any atom is 0.0925 e. The molecule has 2 rings (SSSR count). The van der Waals surface area contributed by atoms with Crippen LogP contribution in [0, 0.1) is 12.8 Å². The minimum Gasteiger partial charge on any atom is -0.275 e. The van der Waals surface area contributed by atoms with Crippen LogP contribution in [0.2, 0.25) is 0 Å². The third-order valence-corrected chi connectivity index (χ3v) is 4.01. The summed E-state index contributed by atoms with van der Waals surface area (Å²) in [4.78, 5) is 0. The first-order chi connectivity index (χ1) is 9.04. The Labute approximate surface area is 116 Å². The molecule has 2 nitrogen and oxygen atoms in total. The molecule has 1 aromatic carbocycles. The Morgan fingerprint density at radius 3 is 2.47 bits per heavy atom. The quantitative estimate of drug-likeness (QED) is 0.785. The molecule has 1 atom stereocenters. The van der Waals surface area contributed by atoms with Gasteiger partial charge in [-0.05, 0) is 42.4 Å². The van der Waals surface area contributed by atoms with Gasteiger partial charge in [0.15, 0.2) is 0 Å². The smallest absolute Gasteiger partial charge is 0.0925 e. The Kier molecular flexibility index (Phi) is 4.08. The molecule has 0 amide bonds. The molecule has 1 aromatic heterocycles. The fourth-order valence-electron chi connectivity index (χ4n) is 2.94. The fraction of sp³-hybridized carbons (Fsp3) is 0.471. The first kappa shape index (κ1) is 13.9. The molecule has 0 saturated carbocycles. The molecule has 0 N–H and O–H groups in total. The lowest BCUT2D eigenvalue weighted by Gasteiger charge is -2.22. The summed E-state index contributed by atoms with van der Waals surface area (Å²) in [6.45, 7) is 9.12. The second-order valence-corrected chi connectivity index (χ2v) is 5.65. The molecule has 2 heteroatoms. The third kappa shape index (κ3) is 2.73. The van der Waals surface area contributed by atoms with Gasteiger partial charge in [-0.3, -0.25) is 4.68 Å². The molecular weight excluding hydrogens is 232 g/mol. The highest BCUT2D eigenvalue weighted by Gasteiger charge is 2.18. The lowest BCUT2D eigenvalue weighted by atomic mass is 9.82. The van der Waals surface area contributed by atoms with Gasteiger partial charge in [0, 0.05) is 18.8 Å². The molecule has 0 fully saturated rings. The van der Waals surface area contributed by atoms with E-state index in [0.717, 1.165) is 5.69 Å². The minimum atomic E-state index is 0.628. The zero-order valence-corrected chi connectivity index (χ0v) is 12.6. The van der Waals surface area contributed by atoms with Crippen molar-refractivity contribution in [3.8, 4) is 11.3 Å². The number of aryl methyl sites for hydroxylation is 1. The number of nitrogens with zero attached hydrogens (tertiary/aromatic N) is 2. The lowest BCUT2D eigenvalue weighted by Crippen LogP contribution is -2.08. The predicted molar refractivity (Wildman–Crippen MR) is 81.3 cm³/mol. The number of rotatable bonds is 4. The standard InChI is InChI=1S/C17H24N2/c1-6-14(12(2)3)15-8-7-9-16(13(15)4)17-10-11-19(5)18-17/h7-12,14H,6H2,1-5H3. The highest BCUT2D eigenvalue weighted by Crippen LogP contribution is 2.34. The Bertz CT molecular complexity index is 552. The largest absolute Gasteiger partial charge is 0.275 e. The van der Waals surface area contributed by atoms with Crippen LogP contribution in [0.5, 0.6) is 0 Å². The van der Waals surface area contributed by atoms with E-state index < -0.39 is 0 Å². The molecule has 0 aliphatic carbocycles. The van der Waals surface area contributed by atoms with Gasteiger partial charge in [0.25, 0.3) is 0 Å². The average Bonchev–Trinajstić information content (AvgIpc) is 2.78. The van der Waals surface area contributed by atoms with Crippen LogP contribution in [-0.2, 0) is 7.05 Å². The number of benzene rings is 1. The van der Waals surface area contributed by atoms with E-state index >= 15 is 0 Å². The topological polar surface area (TPSA) is 17.8 Å². The van der Waals surface area contributed by atoms with Crippen LogP contribution in [-0.4, -0.2) is 9.78 Å². The molecule has 19 heavy (non-hydrogen) atoms. The zero-order chi connectivity index (χ0) is 14.0. The van der Waals surface area contributed by atoms with Crippen molar-refractivity contribution >= 4 is 0 Å². The summed E-state index contributed by atoms with van der Waals surface area (Å²) >= 11 is 0. The van der Waals surface area contributed by atoms with E-state index in [4.69, 9.17) is 0 Å². The summed E-state index contributed by atoms with van der Waals surface area (Å²) in [6, 6.07) is 8.70. The van der Waals surface area contributed by atoms with Crippen LogP contribution in [0.3, 0.4) is 0 Å². The molecule has 0 spiro atoms. The van der Waals surface area contributed by atoms with Crippen LogP contribution < -0.4 is 0 Å². The number of hydrogen-bond acceptors (Lipinski definition) is 1. The van der Waals surface area contributed by atoms with E-state index in [2.05, 4.69) is 57.1 Å². The second kappa shape index (κ2) is 5.60. The number of hydrogen-bond donors (Lipinski definition) is 0. The van der Waals surface area contributed by atoms with Gasteiger partial charge < -0.3 is 0 Å². The SMILES string of the molecule is CCC(c1cccc(-c2ccn(C)n2)c1C)C(C)C. The van der Waals surface area contributed by atoms with Gasteiger partial charge >= 0.3 is 0 Å². The van der Waals surface area contributed by atoms with Gasteiger partial charge in [0.05, 0.1) is 5.69 Å². The van der Waals surface area contributed by atoms with Crippen LogP contribution in [0.15, 0.2) is 30.5 Å². The highest BCUT2D eigenvalue weighted by molar-refractivity contribution is 5.65. The van der Waals surface area contributed by atoms with Gasteiger partial charge in [-0.25, -0.2) is 0 Å². The van der Waals surface area contributed by atoms with E-state index in [1.165, 1.54) is 23.1 Å². The summed E-state index contributed by atoms with van der Waals surface area (Å²) in [7, 11) is 1.96. The monoisotopic (exact) mass is 256 g/mol. The van der Waals surface area contributed by atoms with Crippen LogP contribution in [0.4, 0.5) is 0 Å². The minimum absolute atomic E-state index is 0.628. The summed E-state index contributed by atoms with van der Waals surface area (Å²) in [5.74, 6) is 1.30. The zero-order valence-electron chi connectivity index (χ0n) is 12.6. The molecule has 102 valence electrons. The van der Waals surface area contributed by atoms with Crippen molar-refractivity contribution in [2.45, 2.75) is 40.0 Å². The molecule has 1 heterocycles. The van der Waals surface area contributed by atoms with Crippen molar-refractivity contribution in [3.05, 3.63) is 41.6 Å². The first-order valence-corrected chi connectivity index (χ1v) is 7.14. The average molecular weight is 256 g/mol. The van der Waals surface area contributed by atoms with Gasteiger partial charge in [-0.2, -0.15) is 5.10 Å². The molecule has 0 aliphatic heterocycles. The molecule has 0 radical (unpaired) electrons. The number of aromatic nitrogens is 2. The second-order valence-electron chi connectivity index (χ2n) is 5.65. The van der Waals surface area contributed by atoms with Gasteiger partial charge in [0.2, 0.25) is 0 Å². The van der Waals surface area contributed by atoms with E-state index in [1.807, 2.05) is 17.9 Å². The Morgan fingerprint density at radius 1 is 1.21 bits per heavy atom. The van der Waals surface area contributed by atoms with E-state index in [0.29, 0.717) is 11.8 Å². The molecule has 0 bridgehead atoms. The van der Waals surface area contributed by atoms with E-state index in [9.17, 15) is 0 Å². The van der Waals surface area contributed by atoms with Crippen molar-refractivity contribution in [2.24, 2.45) is 13.0 Å². The fourth-order valence-corrected chi connectivity index (χ4v) is 2.94. The maximum atomic E-state index is 4.53. The molecule has 1 unspecified atom stereocenters. The van der Waals surface area contributed by atoms with Gasteiger partial charge in [-0.15, -0.1) is 0 Å². The van der Waals surface area contributed by atoms with Crippen LogP contribution in [0.1, 0.15) is 44.2 Å². The van der Waals surface area contributed by atoms with Crippen molar-refractivity contribution < 1.29 is 0 Å². The summed E-state index contributed by atoms with van der Waals surface area (Å²) < 4.78 is 1.86. The van der Waals surface area contributed by atoms with E-state index in [-0.39, 0.29) is 0 Å². The van der Waals surface area contributed by atoms with Crippen molar-refractivity contribution in [1.29, 1.82) is 0 Å². The maximum absolute atomic E-state index is 4.53. The molecule has 0 aliphatic rings. The summed E-state index contributed by atoms with van der Waals surface area (Å²) in [5, 5.41) is 4.53. The Morgan fingerprint density at radius 2 is 1.95 bits per heavy atom. The highest BCUT2D eigenvalue weighted by atomic mass is 15.2. The third-order valence-electron chi connectivity index (χ3n) is 4.01. The summed E-state index contributed by atoms with van der Waals surface area (Å²) in [5.41, 5.74) is 5.18. The van der Waals surface area contributed by atoms with Gasteiger partial charge in [0.1, 0.15) is 0 Å². The molecule has 2 aromatic rings. The lowest BCUT2D eigenvalue weighted by molar-refractivity contribution is 0.483.